The van der Waals surface area contributed by atoms with Crippen LogP contribution in [0.1, 0.15) is 99.0 Å². The van der Waals surface area contributed by atoms with Gasteiger partial charge in [-0.25, -0.2) is 4.79 Å². The largest absolute Gasteiger partial charge is 0.493 e. The van der Waals surface area contributed by atoms with Gasteiger partial charge in [0.25, 0.3) is 0 Å². The van der Waals surface area contributed by atoms with Gasteiger partial charge in [-0.3, -0.25) is 0 Å². The smallest absolute Gasteiger partial charge is 0.338 e. The van der Waals surface area contributed by atoms with E-state index in [2.05, 4.69) is 65.5 Å². The molecular formula is C38H58O6. The van der Waals surface area contributed by atoms with Crippen LogP contribution in [-0.4, -0.2) is 44.1 Å². The highest BCUT2D eigenvalue weighted by molar-refractivity contribution is 5.77. The van der Waals surface area contributed by atoms with Crippen LogP contribution in [0.15, 0.2) is 77.5 Å². The number of carboxylic acid groups (broad SMARTS) is 1. The molecule has 0 saturated carbocycles. The third kappa shape index (κ3) is 16.1. The number of hydrogen-bond acceptors (Lipinski definition) is 5. The summed E-state index contributed by atoms with van der Waals surface area (Å²) in [6, 6.07) is 5.46. The number of hydrogen-bond donors (Lipinski definition) is 1. The molecule has 1 atom stereocenters. The van der Waals surface area contributed by atoms with Crippen molar-refractivity contribution in [2.75, 3.05) is 27.4 Å². The first-order valence-electron chi connectivity index (χ1n) is 15.7. The van der Waals surface area contributed by atoms with Crippen LogP contribution >= 0.6 is 0 Å². The van der Waals surface area contributed by atoms with Gasteiger partial charge >= 0.3 is 5.97 Å². The fourth-order valence-corrected chi connectivity index (χ4v) is 4.38. The summed E-state index contributed by atoms with van der Waals surface area (Å²) in [4.78, 5) is 12.0. The lowest BCUT2D eigenvalue weighted by molar-refractivity contribution is -0.170. The van der Waals surface area contributed by atoms with Gasteiger partial charge in [-0.2, -0.15) is 0 Å². The molecule has 0 aliphatic rings. The second kappa shape index (κ2) is 20.0. The molecule has 0 aliphatic heterocycles. The molecule has 44 heavy (non-hydrogen) atoms. The van der Waals surface area contributed by atoms with Crippen LogP contribution in [0, 0.1) is 5.41 Å². The summed E-state index contributed by atoms with van der Waals surface area (Å²) in [6.07, 6.45) is 18.2. The number of rotatable bonds is 22. The minimum Gasteiger partial charge on any atom is -0.493 e. The van der Waals surface area contributed by atoms with Gasteiger partial charge in [-0.05, 0) is 103 Å². The Kier molecular flexibility index (Phi) is 17.7. The van der Waals surface area contributed by atoms with Gasteiger partial charge in [0.1, 0.15) is 0 Å². The molecule has 1 aromatic rings. The van der Waals surface area contributed by atoms with Crippen LogP contribution in [0.3, 0.4) is 0 Å². The van der Waals surface area contributed by atoms with Crippen molar-refractivity contribution in [1.29, 1.82) is 0 Å². The van der Waals surface area contributed by atoms with Crippen LogP contribution < -0.4 is 9.47 Å². The highest BCUT2D eigenvalue weighted by atomic mass is 16.6. The average molecular weight is 611 g/mol. The summed E-state index contributed by atoms with van der Waals surface area (Å²) in [5, 5.41) is 9.79. The van der Waals surface area contributed by atoms with Crippen molar-refractivity contribution in [3.8, 4) is 11.5 Å². The minimum absolute atomic E-state index is 0.0834. The topological polar surface area (TPSA) is 74.2 Å². The summed E-state index contributed by atoms with van der Waals surface area (Å²) in [5.74, 6) is 0.156. The molecule has 0 spiro atoms. The maximum absolute atomic E-state index is 12.0. The highest BCUT2D eigenvalue weighted by Gasteiger charge is 2.34. The number of allylic oxidation sites excluding steroid dienone is 8. The molecule has 0 aromatic heterocycles. The Bertz CT molecular complexity index is 1170. The van der Waals surface area contributed by atoms with E-state index in [0.29, 0.717) is 11.5 Å². The second-order valence-electron chi connectivity index (χ2n) is 12.8. The molecule has 1 N–H and O–H groups in total. The number of carbonyl (C=O) groups is 1. The Morgan fingerprint density at radius 3 is 2.20 bits per heavy atom. The van der Waals surface area contributed by atoms with Crippen molar-refractivity contribution in [2.24, 2.45) is 5.41 Å². The summed E-state index contributed by atoms with van der Waals surface area (Å²) in [7, 11) is 3.14. The predicted molar refractivity (Wildman–Crippen MR) is 183 cm³/mol. The average Bonchev–Trinajstić information content (AvgIpc) is 2.97. The lowest BCUT2D eigenvalue weighted by Crippen LogP contribution is -2.43. The van der Waals surface area contributed by atoms with Gasteiger partial charge in [-0.15, -0.1) is 0 Å². The highest BCUT2D eigenvalue weighted by Crippen LogP contribution is 2.29. The first-order valence-corrected chi connectivity index (χ1v) is 15.7. The molecule has 0 fully saturated rings. The third-order valence-corrected chi connectivity index (χ3v) is 7.61. The van der Waals surface area contributed by atoms with Crippen LogP contribution in [-0.2, 0) is 20.9 Å². The minimum atomic E-state index is -1.46. The number of aliphatic carboxylic acids is 1. The standard InChI is InChI=1S/C38H58O6/c1-29(2)14-13-16-30(3)17-18-32(5)21-24-37(6,7)23-12-11-15-31(4)22-25-44-38(8,36(39)40)28-43-27-33-19-20-34(41-9)35(26-33)42-10/h12,14,17,19-20,22-23,26H,5,11,13,15-16,18,21,24-25,27-28H2,1-4,6-10H3,(H,39,40)/t38-/m1/s1. The lowest BCUT2D eigenvalue weighted by atomic mass is 9.85. The number of methoxy groups -OCH3 is 2. The van der Waals surface area contributed by atoms with Crippen molar-refractivity contribution in [1.82, 2.24) is 0 Å². The molecule has 0 amide bonds. The summed E-state index contributed by atoms with van der Waals surface area (Å²) in [5.41, 5.74) is 4.75. The van der Waals surface area contributed by atoms with E-state index in [4.69, 9.17) is 18.9 Å². The molecular weight excluding hydrogens is 552 g/mol. The first-order chi connectivity index (χ1) is 20.7. The van der Waals surface area contributed by atoms with Crippen molar-refractivity contribution in [3.63, 3.8) is 0 Å². The molecule has 6 nitrogen and oxygen atoms in total. The van der Waals surface area contributed by atoms with Gasteiger partial charge in [0.05, 0.1) is 34.0 Å². The fourth-order valence-electron chi connectivity index (χ4n) is 4.38. The lowest BCUT2D eigenvalue weighted by Gasteiger charge is -2.24. The zero-order valence-corrected chi connectivity index (χ0v) is 28.9. The van der Waals surface area contributed by atoms with Crippen LogP contribution in [0.5, 0.6) is 11.5 Å². The maximum Gasteiger partial charge on any atom is 0.338 e. The summed E-state index contributed by atoms with van der Waals surface area (Å²) < 4.78 is 22.1. The SMILES string of the molecule is C=C(CC=C(C)CCC=C(C)C)CCC(C)(C)C=CCCC(C)=CCO[C@](C)(COCc1ccc(OC)c(OC)c1)C(=O)O. The normalized spacial score (nSPS) is 13.9. The Morgan fingerprint density at radius 2 is 1.57 bits per heavy atom. The van der Waals surface area contributed by atoms with E-state index >= 15 is 0 Å². The molecule has 1 aromatic carbocycles. The third-order valence-electron chi connectivity index (χ3n) is 7.61. The molecule has 6 heteroatoms. The molecule has 0 saturated heterocycles. The second-order valence-corrected chi connectivity index (χ2v) is 12.8. The van der Waals surface area contributed by atoms with Gasteiger partial charge in [0, 0.05) is 0 Å². The van der Waals surface area contributed by atoms with E-state index in [1.165, 1.54) is 23.6 Å². The first kappa shape index (κ1) is 38.9. The van der Waals surface area contributed by atoms with Crippen LogP contribution in [0.2, 0.25) is 0 Å². The zero-order valence-electron chi connectivity index (χ0n) is 28.9. The number of carboxylic acids is 1. The number of ether oxygens (including phenoxy) is 4. The maximum atomic E-state index is 12.0. The monoisotopic (exact) mass is 610 g/mol. The van der Waals surface area contributed by atoms with Crippen molar-refractivity contribution in [3.05, 3.63) is 83.0 Å². The Balaban J connectivity index is 2.46. The molecule has 246 valence electrons. The van der Waals surface area contributed by atoms with Gasteiger partial charge < -0.3 is 24.1 Å². The van der Waals surface area contributed by atoms with Crippen LogP contribution in [0.4, 0.5) is 0 Å². The van der Waals surface area contributed by atoms with E-state index < -0.39 is 11.6 Å². The molecule has 0 unspecified atom stereocenters. The molecule has 0 aliphatic carbocycles. The van der Waals surface area contributed by atoms with E-state index in [-0.39, 0.29) is 25.2 Å². The van der Waals surface area contributed by atoms with E-state index in [0.717, 1.165) is 56.1 Å². The fraction of sp³-hybridized carbons (Fsp3) is 0.553. The van der Waals surface area contributed by atoms with E-state index in [1.54, 1.807) is 20.3 Å². The van der Waals surface area contributed by atoms with Gasteiger partial charge in [0.2, 0.25) is 0 Å². The zero-order chi connectivity index (χ0) is 33.2. The molecule has 0 heterocycles. The van der Waals surface area contributed by atoms with Gasteiger partial charge in [0.15, 0.2) is 17.1 Å². The Labute approximate surface area is 267 Å². The summed E-state index contributed by atoms with van der Waals surface area (Å²) >= 11 is 0. The quantitative estimate of drug-likeness (QED) is 0.132. The van der Waals surface area contributed by atoms with E-state index in [1.807, 2.05) is 25.1 Å². The predicted octanol–water partition coefficient (Wildman–Crippen LogP) is 9.81. The molecule has 0 radical (unpaired) electrons. The molecule has 1 rings (SSSR count). The van der Waals surface area contributed by atoms with E-state index in [9.17, 15) is 9.90 Å². The van der Waals surface area contributed by atoms with Gasteiger partial charge in [-0.1, -0.05) is 79.2 Å². The molecule has 0 bridgehead atoms. The summed E-state index contributed by atoms with van der Waals surface area (Å²) in [6.45, 7) is 19.3. The van der Waals surface area contributed by atoms with Crippen molar-refractivity contribution < 1.29 is 28.8 Å². The Morgan fingerprint density at radius 1 is 0.909 bits per heavy atom. The van der Waals surface area contributed by atoms with Crippen molar-refractivity contribution >= 4 is 5.97 Å². The Hall–Kier alpha value is -3.09. The number of benzene rings is 1. The van der Waals surface area contributed by atoms with Crippen LogP contribution in [0.25, 0.3) is 0 Å². The van der Waals surface area contributed by atoms with Crippen molar-refractivity contribution in [2.45, 2.75) is 106 Å².